The number of likely N-dealkylation sites (N-methyl/N-ethyl adjacent to an activating group) is 1. The van der Waals surface area contributed by atoms with Crippen LogP contribution < -0.4 is 69.4 Å². The topological polar surface area (TPSA) is 667 Å². The van der Waals surface area contributed by atoms with Gasteiger partial charge in [-0.2, -0.15) is 0 Å². The SMILES string of the molecule is CCc1nc2ccc(C(=O)CCCOCCOCCOCCN(CCN(C)C(=O)Oc3ccc4c5c([nH]c4c3)S(=O)C[C@@H]3NC(=O)CNC(=O)[C@H]([C@@H](C)CC)NC(=O)CNC(=O)[C@@H](C5)NC(=O)[C@H]([C@@H](C)[C@@H](O)CO)NC(=O)[C@@H]4C[C@@H](O)CN4C(=O)[C@H](CC(N)=O)CC3=O)C(=O)OCc3ccc(NC(=O)[C@H](CCCNC(N)=O)NC(=O)[C@@H](NC(=O)CCOCCOCCOCCOCCOC)C(C)C)cc3)cc2nc1CC. The molecule has 0 saturated carbocycles. The minimum atomic E-state index is -2.57. The number of hydrogen-bond donors (Lipinski definition) is 16. The normalized spacial score (nSPS) is 19.4. The Bertz CT molecular complexity index is 5250. The molecule has 5 heterocycles. The van der Waals surface area contributed by atoms with Crippen LogP contribution in [-0.2, 0) is 137 Å². The minimum Gasteiger partial charge on any atom is -0.445 e. The summed E-state index contributed by atoms with van der Waals surface area (Å²) >= 11 is 0. The van der Waals surface area contributed by atoms with E-state index in [2.05, 4.69) is 58.2 Å². The molecule has 2 bridgehead atoms. The average Bonchev–Trinajstić information content (AvgIpc) is 1.65. The second-order valence-corrected chi connectivity index (χ2v) is 37.3. The van der Waals surface area contributed by atoms with Crippen molar-refractivity contribution in [3.63, 3.8) is 0 Å². The number of hydrogen-bond acceptors (Lipinski definition) is 32. The van der Waals surface area contributed by atoms with Crippen LogP contribution in [0.2, 0.25) is 0 Å². The molecule has 48 nitrogen and oxygen atoms in total. The summed E-state index contributed by atoms with van der Waals surface area (Å²) in [5.41, 5.74) is 15.4. The van der Waals surface area contributed by atoms with Gasteiger partial charge in [-0.25, -0.2) is 24.4 Å². The van der Waals surface area contributed by atoms with Crippen LogP contribution in [0.25, 0.3) is 21.9 Å². The first kappa shape index (κ1) is 119. The monoisotopic (exact) mass is 2070 g/mol. The quantitative estimate of drug-likeness (QED) is 0.0171. The number of ether oxygens (including phenoxy) is 10. The second kappa shape index (κ2) is 61.9. The maximum Gasteiger partial charge on any atom is 0.415 e. The number of nitrogens with zero attached hydrogens (tertiary/aromatic N) is 5. The van der Waals surface area contributed by atoms with Crippen molar-refractivity contribution in [3.05, 3.63) is 88.7 Å². The van der Waals surface area contributed by atoms with Gasteiger partial charge >= 0.3 is 18.2 Å². The highest BCUT2D eigenvalue weighted by molar-refractivity contribution is 7.85. The summed E-state index contributed by atoms with van der Waals surface area (Å²) in [5, 5.41) is 57.9. The lowest BCUT2D eigenvalue weighted by atomic mass is 9.93. The Labute approximate surface area is 848 Å². The molecule has 0 aliphatic carbocycles. The van der Waals surface area contributed by atoms with Crippen molar-refractivity contribution < 1.29 is 144 Å². The lowest BCUT2D eigenvalue weighted by Gasteiger charge is -2.32. The van der Waals surface area contributed by atoms with E-state index >= 15 is 9.00 Å². The Morgan fingerprint density at radius 1 is 0.637 bits per heavy atom. The summed E-state index contributed by atoms with van der Waals surface area (Å²) in [6, 6.07) is 3.79. The summed E-state index contributed by atoms with van der Waals surface area (Å²) < 4.78 is 71.5. The summed E-state index contributed by atoms with van der Waals surface area (Å²) in [6.45, 7) is 11.7. The van der Waals surface area contributed by atoms with Gasteiger partial charge in [-0.05, 0) is 97.5 Å². The molecule has 1 saturated heterocycles. The Hall–Kier alpha value is -12.4. The van der Waals surface area contributed by atoms with E-state index in [9.17, 15) is 87.2 Å². The number of primary amides is 2. The number of nitrogens with one attached hydrogen (secondary N) is 11. The average molecular weight is 2070 g/mol. The van der Waals surface area contributed by atoms with E-state index in [0.29, 0.717) is 75.5 Å². The number of urea groups is 1. The van der Waals surface area contributed by atoms with Crippen LogP contribution in [0.5, 0.6) is 5.75 Å². The molecular weight excluding hydrogens is 1930 g/mol. The maximum atomic E-state index is 15.5. The molecule has 1 fully saturated rings. The van der Waals surface area contributed by atoms with Crippen molar-refractivity contribution in [1.82, 2.24) is 77.5 Å². The number of ketones is 2. The number of carbonyl (C=O) groups is 16. The summed E-state index contributed by atoms with van der Waals surface area (Å²) in [6.07, 6.45) is -5.40. The molecule has 806 valence electrons. The molecule has 49 heteroatoms. The van der Waals surface area contributed by atoms with Gasteiger partial charge in [0.05, 0.1) is 181 Å². The highest BCUT2D eigenvalue weighted by atomic mass is 32.2. The first-order chi connectivity index (χ1) is 69.9. The van der Waals surface area contributed by atoms with E-state index < -0.39 is 236 Å². The standard InChI is InChI=1S/C97H142N18O30S/c1-10-58(6)85-90(128)102-51-82(123)106-75-56-146(135)93-67(50-74(87(125)101-52-83(124)111-85)108-92(130)86(59(7)79(120)54-116)112-89(127)76-48-64(117)53-115(76)94(131)62(46-78(75)119)47-80(98)121)66-23-22-65(49-72(66)109-93)145-96(133)113(8)27-28-114(29-32-139-37-40-141-38-35-137-30-14-16-77(118)61-19-24-70-73(45-61)105-69(12-3)68(11-2)104-70)97(134)144-55-60-17-20-63(21-18-60)103-88(126)71(15-13-26-100-95(99)132)107-91(129)84(57(4)5)110-81(122)25-31-138-36-39-142-43-44-143-42-41-140-34-33-136-9/h17-24,45,49,57-59,62,64,71,74-76,79,84-86,109,116-117,120H,10-16,25-44,46-48,50-56H2,1-9H3,(H2,98,121)(H,101,125)(H,102,128)(H,103,126)(H,106,123)(H,107,129)(H,108,130)(H,110,122)(H,111,124)(H,112,127)(H3,99,100,132)/t58-,59-,62-,64+,71-,74+,75-,76-,79-,84-,85-,86-,146?/m0/s1. The van der Waals surface area contributed by atoms with E-state index in [1.165, 1.54) is 49.2 Å². The van der Waals surface area contributed by atoms with Gasteiger partial charge in [0.2, 0.25) is 65.0 Å². The molecule has 0 radical (unpaired) electrons. The first-order valence-electron chi connectivity index (χ1n) is 49.0. The zero-order valence-corrected chi connectivity index (χ0v) is 84.9. The lowest BCUT2D eigenvalue weighted by molar-refractivity contribution is -0.145. The number of aromatic nitrogens is 3. The molecule has 5 aromatic rings. The number of aliphatic hydroxyl groups is 3. The van der Waals surface area contributed by atoms with Gasteiger partial charge in [0.15, 0.2) is 11.6 Å². The largest absolute Gasteiger partial charge is 0.445 e. The fourth-order valence-corrected chi connectivity index (χ4v) is 17.4. The summed E-state index contributed by atoms with van der Waals surface area (Å²) in [4.78, 5) is 240. The third kappa shape index (κ3) is 38.4. The molecule has 3 aliphatic rings. The maximum absolute atomic E-state index is 15.5. The fraction of sp³-hybridized carbons (Fsp3) is 0.608. The number of H-pyrrole nitrogens is 1. The third-order valence-corrected chi connectivity index (χ3v) is 26.0. The number of carbonyl (C=O) groups excluding carboxylic acids is 16. The van der Waals surface area contributed by atoms with Gasteiger partial charge in [-0.1, -0.05) is 67.0 Å². The van der Waals surface area contributed by atoms with Crippen LogP contribution in [-0.4, -0.2) is 370 Å². The van der Waals surface area contributed by atoms with Gasteiger partial charge in [-0.15, -0.1) is 0 Å². The summed E-state index contributed by atoms with van der Waals surface area (Å²) in [5.74, 6) is -16.6. The smallest absolute Gasteiger partial charge is 0.415 e. The molecule has 3 aliphatic heterocycles. The molecule has 15 amide bonds. The molecule has 18 N–H and O–H groups in total. The van der Waals surface area contributed by atoms with Crippen molar-refractivity contribution in [2.45, 2.75) is 192 Å². The minimum absolute atomic E-state index is 0.0164. The van der Waals surface area contributed by atoms with Crippen molar-refractivity contribution in [1.29, 1.82) is 0 Å². The fourth-order valence-electron chi connectivity index (χ4n) is 16.0. The lowest BCUT2D eigenvalue weighted by Crippen LogP contribution is -2.61. The highest BCUT2D eigenvalue weighted by Crippen LogP contribution is 2.33. The van der Waals surface area contributed by atoms with Gasteiger partial charge in [-0.3, -0.25) is 66.5 Å². The Kier molecular flexibility index (Phi) is 50.4. The Morgan fingerprint density at radius 3 is 1.88 bits per heavy atom. The van der Waals surface area contributed by atoms with E-state index in [0.717, 1.165) is 33.1 Å². The third-order valence-electron chi connectivity index (χ3n) is 24.5. The summed E-state index contributed by atoms with van der Waals surface area (Å²) in [7, 11) is 0.369. The van der Waals surface area contributed by atoms with Crippen LogP contribution in [0.1, 0.15) is 139 Å². The number of aromatic amines is 1. The highest BCUT2D eigenvalue weighted by Gasteiger charge is 2.46. The van der Waals surface area contributed by atoms with Crippen molar-refractivity contribution in [2.75, 3.05) is 177 Å². The number of aryl methyl sites for hydroxylation is 2. The number of rotatable bonds is 54. The van der Waals surface area contributed by atoms with Gasteiger partial charge in [0, 0.05) is 121 Å². The van der Waals surface area contributed by atoms with Crippen LogP contribution >= 0.6 is 0 Å². The molecule has 13 atom stereocenters. The number of aliphatic hydroxyl groups excluding tert-OH is 3. The van der Waals surface area contributed by atoms with Crippen molar-refractivity contribution in [2.24, 2.45) is 35.1 Å². The molecule has 2 aromatic heterocycles. The predicted molar refractivity (Wildman–Crippen MR) is 527 cm³/mol. The van der Waals surface area contributed by atoms with E-state index in [1.54, 1.807) is 65.1 Å². The van der Waals surface area contributed by atoms with Crippen LogP contribution in [0.15, 0.2) is 65.7 Å². The zero-order chi connectivity index (χ0) is 106. The van der Waals surface area contributed by atoms with Crippen LogP contribution in [0.4, 0.5) is 20.1 Å². The Morgan fingerprint density at radius 2 is 1.26 bits per heavy atom. The number of Topliss-reactive ketones (excluding diaryl/α,β-unsaturated/α-hetero) is 2. The number of methoxy groups -OCH3 is 1. The van der Waals surface area contributed by atoms with Crippen LogP contribution in [0, 0.1) is 23.7 Å². The Balaban J connectivity index is 0.990. The molecule has 3 aromatic carbocycles. The van der Waals surface area contributed by atoms with Crippen LogP contribution in [0.3, 0.4) is 0 Å². The van der Waals surface area contributed by atoms with Crippen molar-refractivity contribution in [3.8, 4) is 5.75 Å². The van der Waals surface area contributed by atoms with E-state index in [1.807, 2.05) is 13.8 Å². The molecule has 0 spiro atoms. The van der Waals surface area contributed by atoms with Gasteiger partial charge in [0.1, 0.15) is 53.6 Å². The second-order valence-electron chi connectivity index (χ2n) is 35.8. The number of fused-ring (bicyclic) bond motifs is 6. The van der Waals surface area contributed by atoms with Crippen molar-refractivity contribution >= 4 is 133 Å². The number of anilines is 1. The zero-order valence-electron chi connectivity index (χ0n) is 84.1. The van der Waals surface area contributed by atoms with E-state index in [4.69, 9.17) is 68.8 Å². The molecular formula is C97H142N18O30S. The first-order valence-corrected chi connectivity index (χ1v) is 50.4. The van der Waals surface area contributed by atoms with Gasteiger partial charge in [0.25, 0.3) is 0 Å². The van der Waals surface area contributed by atoms with Gasteiger partial charge < -0.3 is 147 Å². The number of benzene rings is 3. The molecule has 8 rings (SSSR count). The van der Waals surface area contributed by atoms with E-state index in [-0.39, 0.29) is 157 Å². The molecule has 146 heavy (non-hydrogen) atoms. The number of amides is 15. The predicted octanol–water partition coefficient (Wildman–Crippen LogP) is -0.569. The number of nitrogens with two attached hydrogens (primary N) is 2. The molecule has 1 unspecified atom stereocenters.